The Bertz CT molecular complexity index is 362. The topological polar surface area (TPSA) is 12.0 Å². The zero-order chi connectivity index (χ0) is 11.5. The van der Waals surface area contributed by atoms with Crippen LogP contribution in [0.5, 0.6) is 0 Å². The lowest BCUT2D eigenvalue weighted by Crippen LogP contribution is -2.17. The first-order valence-corrected chi connectivity index (χ1v) is 6.98. The largest absolute Gasteiger partial charge is 0.310 e. The maximum atomic E-state index is 3.63. The van der Waals surface area contributed by atoms with Gasteiger partial charge in [-0.1, -0.05) is 41.4 Å². The Labute approximate surface area is 107 Å². The van der Waals surface area contributed by atoms with Gasteiger partial charge in [-0.3, -0.25) is 0 Å². The van der Waals surface area contributed by atoms with Gasteiger partial charge in [0.1, 0.15) is 0 Å². The van der Waals surface area contributed by atoms with E-state index in [-0.39, 0.29) is 0 Å². The lowest BCUT2D eigenvalue weighted by atomic mass is 10.1. The lowest BCUT2D eigenvalue weighted by molar-refractivity contribution is 0.599. The minimum Gasteiger partial charge on any atom is -0.310 e. The van der Waals surface area contributed by atoms with Crippen molar-refractivity contribution in [1.29, 1.82) is 0 Å². The van der Waals surface area contributed by atoms with Crippen LogP contribution in [0.2, 0.25) is 0 Å². The first-order valence-electron chi connectivity index (χ1n) is 6.19. The second-order valence-electron chi connectivity index (χ2n) is 4.86. The highest BCUT2D eigenvalue weighted by atomic mass is 79.9. The highest BCUT2D eigenvalue weighted by molar-refractivity contribution is 9.10. The molecule has 2 unspecified atom stereocenters. The van der Waals surface area contributed by atoms with E-state index in [0.717, 1.165) is 18.5 Å². The number of nitrogens with one attached hydrogen (secondary N) is 1. The van der Waals surface area contributed by atoms with Crippen LogP contribution < -0.4 is 5.32 Å². The number of halogens is 1. The number of aryl methyl sites for hydroxylation is 1. The van der Waals surface area contributed by atoms with Crippen LogP contribution in [0.1, 0.15) is 37.3 Å². The van der Waals surface area contributed by atoms with Crippen LogP contribution in [0.25, 0.3) is 0 Å². The van der Waals surface area contributed by atoms with Crippen molar-refractivity contribution in [2.75, 3.05) is 0 Å². The van der Waals surface area contributed by atoms with E-state index in [1.54, 1.807) is 0 Å². The third kappa shape index (κ3) is 3.08. The van der Waals surface area contributed by atoms with E-state index in [1.807, 2.05) is 0 Å². The molecule has 1 aromatic carbocycles. The molecule has 1 N–H and O–H groups in total. The molecule has 1 nitrogen and oxygen atoms in total. The van der Waals surface area contributed by atoms with Crippen LogP contribution in [0.15, 0.2) is 22.7 Å². The molecule has 2 heteroatoms. The Morgan fingerprint density at radius 1 is 1.44 bits per heavy atom. The summed E-state index contributed by atoms with van der Waals surface area (Å²) in [6, 6.07) is 7.39. The summed E-state index contributed by atoms with van der Waals surface area (Å²) in [6.07, 6.45) is 4.08. The highest BCUT2D eigenvalue weighted by Crippen LogP contribution is 2.34. The smallest absolute Gasteiger partial charge is 0.0208 e. The zero-order valence-electron chi connectivity index (χ0n) is 10.1. The van der Waals surface area contributed by atoms with Crippen LogP contribution in [-0.4, -0.2) is 6.04 Å². The van der Waals surface area contributed by atoms with Gasteiger partial charge in [-0.05, 0) is 42.9 Å². The second-order valence-corrected chi connectivity index (χ2v) is 5.71. The molecule has 0 heterocycles. The molecule has 1 fully saturated rings. The Morgan fingerprint density at radius 3 is 2.94 bits per heavy atom. The molecule has 0 bridgehead atoms. The molecule has 16 heavy (non-hydrogen) atoms. The fourth-order valence-electron chi connectivity index (χ4n) is 2.18. The van der Waals surface area contributed by atoms with Crippen LogP contribution in [0.3, 0.4) is 0 Å². The predicted molar refractivity (Wildman–Crippen MR) is 72.5 cm³/mol. The summed E-state index contributed by atoms with van der Waals surface area (Å²) in [4.78, 5) is 0. The molecule has 1 aliphatic rings. The predicted octanol–water partition coefficient (Wildman–Crippen LogP) is 4.04. The number of hydrogen-bond acceptors (Lipinski definition) is 1. The van der Waals surface area contributed by atoms with E-state index in [9.17, 15) is 0 Å². The standard InChI is InChI=1S/C14H20BrN/c1-3-4-12-8-14(12)16-9-11-6-5-10(2)13(15)7-11/h5-7,12,14,16H,3-4,8-9H2,1-2H3. The zero-order valence-corrected chi connectivity index (χ0v) is 11.7. The normalized spacial score (nSPS) is 23.4. The Hall–Kier alpha value is -0.340. The molecular weight excluding hydrogens is 262 g/mol. The molecule has 1 aromatic rings. The van der Waals surface area contributed by atoms with E-state index in [4.69, 9.17) is 0 Å². The Morgan fingerprint density at radius 2 is 2.25 bits per heavy atom. The minimum absolute atomic E-state index is 0.778. The van der Waals surface area contributed by atoms with E-state index >= 15 is 0 Å². The molecule has 1 saturated carbocycles. The molecule has 2 rings (SSSR count). The molecule has 1 aliphatic carbocycles. The van der Waals surface area contributed by atoms with Crippen molar-refractivity contribution in [3.63, 3.8) is 0 Å². The average Bonchev–Trinajstić information content (AvgIpc) is 2.99. The Balaban J connectivity index is 1.80. The van der Waals surface area contributed by atoms with Gasteiger partial charge in [-0.25, -0.2) is 0 Å². The van der Waals surface area contributed by atoms with E-state index < -0.39 is 0 Å². The fourth-order valence-corrected chi connectivity index (χ4v) is 2.61. The van der Waals surface area contributed by atoms with Gasteiger partial charge >= 0.3 is 0 Å². The molecule has 0 spiro atoms. The van der Waals surface area contributed by atoms with Crippen molar-refractivity contribution in [2.24, 2.45) is 5.92 Å². The molecule has 88 valence electrons. The molecule has 0 amide bonds. The summed E-state index contributed by atoms with van der Waals surface area (Å²) >= 11 is 3.58. The fraction of sp³-hybridized carbons (Fsp3) is 0.571. The first kappa shape index (κ1) is 12.1. The number of rotatable bonds is 5. The van der Waals surface area contributed by atoms with Gasteiger partial charge in [0, 0.05) is 17.1 Å². The second kappa shape index (κ2) is 5.33. The number of benzene rings is 1. The SMILES string of the molecule is CCCC1CC1NCc1ccc(C)c(Br)c1. The summed E-state index contributed by atoms with van der Waals surface area (Å²) in [7, 11) is 0. The summed E-state index contributed by atoms with van der Waals surface area (Å²) in [5.41, 5.74) is 2.68. The molecular formula is C14H20BrN. The molecule has 0 radical (unpaired) electrons. The summed E-state index contributed by atoms with van der Waals surface area (Å²) in [6.45, 7) is 5.40. The summed E-state index contributed by atoms with van der Waals surface area (Å²) in [5.74, 6) is 0.943. The average molecular weight is 282 g/mol. The third-order valence-electron chi connectivity index (χ3n) is 3.39. The van der Waals surface area contributed by atoms with Crippen LogP contribution in [0, 0.1) is 12.8 Å². The van der Waals surface area contributed by atoms with Crippen LogP contribution >= 0.6 is 15.9 Å². The van der Waals surface area contributed by atoms with Crippen molar-refractivity contribution in [2.45, 2.75) is 45.7 Å². The molecule has 0 aliphatic heterocycles. The highest BCUT2D eigenvalue weighted by Gasteiger charge is 2.35. The molecule has 0 aromatic heterocycles. The van der Waals surface area contributed by atoms with E-state index in [2.05, 4.69) is 53.3 Å². The Kier molecular flexibility index (Phi) is 4.04. The minimum atomic E-state index is 0.778. The monoisotopic (exact) mass is 281 g/mol. The van der Waals surface area contributed by atoms with Gasteiger partial charge in [0.05, 0.1) is 0 Å². The van der Waals surface area contributed by atoms with Crippen molar-refractivity contribution < 1.29 is 0 Å². The van der Waals surface area contributed by atoms with Crippen molar-refractivity contribution >= 4 is 15.9 Å². The van der Waals surface area contributed by atoms with Gasteiger partial charge in [0.25, 0.3) is 0 Å². The summed E-state index contributed by atoms with van der Waals surface area (Å²) in [5, 5.41) is 3.63. The quantitative estimate of drug-likeness (QED) is 0.859. The van der Waals surface area contributed by atoms with Crippen LogP contribution in [-0.2, 0) is 6.54 Å². The maximum absolute atomic E-state index is 3.63. The first-order chi connectivity index (χ1) is 7.70. The number of hydrogen-bond donors (Lipinski definition) is 1. The molecule has 0 saturated heterocycles. The third-order valence-corrected chi connectivity index (χ3v) is 4.24. The van der Waals surface area contributed by atoms with Gasteiger partial charge in [0.15, 0.2) is 0 Å². The molecule has 2 atom stereocenters. The van der Waals surface area contributed by atoms with E-state index in [1.165, 1.54) is 34.9 Å². The maximum Gasteiger partial charge on any atom is 0.0208 e. The van der Waals surface area contributed by atoms with Gasteiger partial charge in [0.2, 0.25) is 0 Å². The lowest BCUT2D eigenvalue weighted by Gasteiger charge is -2.06. The van der Waals surface area contributed by atoms with E-state index in [0.29, 0.717) is 0 Å². The van der Waals surface area contributed by atoms with Crippen molar-refractivity contribution in [1.82, 2.24) is 5.32 Å². The van der Waals surface area contributed by atoms with Crippen molar-refractivity contribution in [3.8, 4) is 0 Å². The van der Waals surface area contributed by atoms with Crippen molar-refractivity contribution in [3.05, 3.63) is 33.8 Å². The van der Waals surface area contributed by atoms with Gasteiger partial charge < -0.3 is 5.32 Å². The van der Waals surface area contributed by atoms with Gasteiger partial charge in [-0.15, -0.1) is 0 Å². The van der Waals surface area contributed by atoms with Gasteiger partial charge in [-0.2, -0.15) is 0 Å². The van der Waals surface area contributed by atoms with Crippen LogP contribution in [0.4, 0.5) is 0 Å². The summed E-state index contributed by atoms with van der Waals surface area (Å²) < 4.78 is 1.22.